The maximum Gasteiger partial charge on any atom is 0.206 e. The van der Waals surface area contributed by atoms with Gasteiger partial charge in [-0.05, 0) is 67.3 Å². The highest BCUT2D eigenvalue weighted by molar-refractivity contribution is 7.91. The zero-order valence-electron chi connectivity index (χ0n) is 13.7. The summed E-state index contributed by atoms with van der Waals surface area (Å²) in [7, 11) is -0.431. The normalized spacial score (nSPS) is 9.42. The molecule has 0 amide bonds. The van der Waals surface area contributed by atoms with Gasteiger partial charge >= 0.3 is 0 Å². The molecule has 0 unspecified atom stereocenters. The highest BCUT2D eigenvalue weighted by Gasteiger charge is 2.17. The second kappa shape index (κ2) is 9.29. The molecule has 0 aliphatic heterocycles. The molecule has 0 radical (unpaired) electrons. The molecule has 0 aliphatic rings. The highest BCUT2D eigenvalue weighted by atomic mass is 32.2. The van der Waals surface area contributed by atoms with Crippen LogP contribution in [0.25, 0.3) is 0 Å². The Hall–Kier alpha value is -2.89. The van der Waals surface area contributed by atoms with Crippen LogP contribution in [0.4, 0.5) is 0 Å². The molecule has 2 rings (SSSR count). The van der Waals surface area contributed by atoms with Gasteiger partial charge in [0.1, 0.15) is 11.5 Å². The number of terminal acetylenes is 1. The van der Waals surface area contributed by atoms with Gasteiger partial charge in [-0.15, -0.1) is 6.42 Å². The van der Waals surface area contributed by atoms with E-state index in [1.807, 2.05) is 0 Å². The van der Waals surface area contributed by atoms with Crippen molar-refractivity contribution in [2.24, 2.45) is 0 Å². The van der Waals surface area contributed by atoms with Crippen LogP contribution in [-0.2, 0) is 9.84 Å². The van der Waals surface area contributed by atoms with E-state index in [1.54, 1.807) is 31.2 Å². The first kappa shape index (κ1) is 19.2. The van der Waals surface area contributed by atoms with Crippen LogP contribution >= 0.6 is 0 Å². The van der Waals surface area contributed by atoms with E-state index in [1.165, 1.54) is 38.5 Å². The summed E-state index contributed by atoms with van der Waals surface area (Å²) in [6.45, 7) is 1.71. The summed E-state index contributed by atoms with van der Waals surface area (Å²) in [6.07, 6.45) is 4.72. The number of ether oxygens (including phenoxy) is 2. The Morgan fingerprint density at radius 2 is 1.21 bits per heavy atom. The predicted molar refractivity (Wildman–Crippen MR) is 93.7 cm³/mol. The van der Waals surface area contributed by atoms with Crippen molar-refractivity contribution in [3.05, 3.63) is 48.5 Å². The standard InChI is InChI=1S/C14H14O4S.C5H4/c1-17-11-3-7-13(8-4-11)19(15,16)14-9-5-12(18-2)6-10-14;1-3-5-4-2/h3-10H,1-2H3;1H,2H3. The molecule has 2 aromatic rings. The van der Waals surface area contributed by atoms with Gasteiger partial charge in [0.15, 0.2) is 0 Å². The molecule has 0 heterocycles. The summed E-state index contributed by atoms with van der Waals surface area (Å²) in [5.74, 6) is 8.31. The zero-order valence-corrected chi connectivity index (χ0v) is 14.6. The van der Waals surface area contributed by atoms with Crippen LogP contribution < -0.4 is 9.47 Å². The van der Waals surface area contributed by atoms with E-state index in [0.717, 1.165) is 0 Å². The molecule has 0 spiro atoms. The molecule has 24 heavy (non-hydrogen) atoms. The van der Waals surface area contributed by atoms with Crippen LogP contribution in [0, 0.1) is 24.2 Å². The van der Waals surface area contributed by atoms with Crippen LogP contribution in [0.1, 0.15) is 6.92 Å². The second-order valence-corrected chi connectivity index (χ2v) is 6.32. The van der Waals surface area contributed by atoms with Crippen molar-refractivity contribution in [2.45, 2.75) is 16.7 Å². The Morgan fingerprint density at radius 1 is 0.833 bits per heavy atom. The van der Waals surface area contributed by atoms with Gasteiger partial charge < -0.3 is 9.47 Å². The number of sulfone groups is 1. The molecule has 124 valence electrons. The van der Waals surface area contributed by atoms with Gasteiger partial charge in [0.2, 0.25) is 9.84 Å². The number of hydrogen-bond donors (Lipinski definition) is 0. The summed E-state index contributed by atoms with van der Waals surface area (Å²) in [6, 6.07) is 12.6. The molecular weight excluding hydrogens is 324 g/mol. The molecule has 0 aromatic heterocycles. The first-order valence-corrected chi connectivity index (χ1v) is 8.38. The fourth-order valence-electron chi connectivity index (χ4n) is 1.72. The first-order valence-electron chi connectivity index (χ1n) is 6.90. The number of hydrogen-bond acceptors (Lipinski definition) is 4. The van der Waals surface area contributed by atoms with Crippen LogP contribution in [0.5, 0.6) is 11.5 Å². The van der Waals surface area contributed by atoms with E-state index in [2.05, 4.69) is 17.8 Å². The van der Waals surface area contributed by atoms with Crippen LogP contribution in [0.3, 0.4) is 0 Å². The van der Waals surface area contributed by atoms with Crippen molar-refractivity contribution >= 4 is 9.84 Å². The van der Waals surface area contributed by atoms with Gasteiger partial charge in [0, 0.05) is 0 Å². The predicted octanol–water partition coefficient (Wildman–Crippen LogP) is 3.18. The van der Waals surface area contributed by atoms with Crippen LogP contribution in [-0.4, -0.2) is 22.6 Å². The molecule has 0 N–H and O–H groups in total. The lowest BCUT2D eigenvalue weighted by molar-refractivity contribution is 0.414. The minimum atomic E-state index is -3.50. The maximum absolute atomic E-state index is 12.4. The minimum absolute atomic E-state index is 0.235. The van der Waals surface area contributed by atoms with Crippen LogP contribution in [0.15, 0.2) is 58.3 Å². The smallest absolute Gasteiger partial charge is 0.206 e. The quantitative estimate of drug-likeness (QED) is 0.801. The Kier molecular flexibility index (Phi) is 7.42. The van der Waals surface area contributed by atoms with E-state index in [9.17, 15) is 8.42 Å². The Balaban J connectivity index is 0.000000505. The van der Waals surface area contributed by atoms with E-state index in [-0.39, 0.29) is 9.79 Å². The largest absolute Gasteiger partial charge is 0.497 e. The van der Waals surface area contributed by atoms with Gasteiger partial charge in [0.05, 0.1) is 24.0 Å². The van der Waals surface area contributed by atoms with Crippen LogP contribution in [0.2, 0.25) is 0 Å². The van der Waals surface area contributed by atoms with Gasteiger partial charge in [-0.25, -0.2) is 8.42 Å². The topological polar surface area (TPSA) is 52.6 Å². The SMILES string of the molecule is C#CC#CC.COc1ccc(S(=O)(=O)c2ccc(OC)cc2)cc1. The Labute approximate surface area is 143 Å². The summed E-state index contributed by atoms with van der Waals surface area (Å²) in [5, 5.41) is 0. The monoisotopic (exact) mass is 342 g/mol. The Bertz CT molecular complexity index is 793. The first-order chi connectivity index (χ1) is 11.5. The molecule has 0 saturated heterocycles. The molecule has 0 fully saturated rings. The average Bonchev–Trinajstić information content (AvgIpc) is 2.63. The van der Waals surface area contributed by atoms with Crippen molar-refractivity contribution in [3.63, 3.8) is 0 Å². The number of benzene rings is 2. The maximum atomic E-state index is 12.4. The van der Waals surface area contributed by atoms with Gasteiger partial charge in [0.25, 0.3) is 0 Å². The van der Waals surface area contributed by atoms with E-state index >= 15 is 0 Å². The fraction of sp³-hybridized carbons (Fsp3) is 0.158. The van der Waals surface area contributed by atoms with Gasteiger partial charge in [-0.2, -0.15) is 0 Å². The lowest BCUT2D eigenvalue weighted by Crippen LogP contribution is -2.01. The van der Waals surface area contributed by atoms with E-state index in [4.69, 9.17) is 15.9 Å². The third kappa shape index (κ3) is 5.08. The number of rotatable bonds is 4. The highest BCUT2D eigenvalue weighted by Crippen LogP contribution is 2.24. The van der Waals surface area contributed by atoms with Gasteiger partial charge in [-0.3, -0.25) is 0 Å². The average molecular weight is 342 g/mol. The molecule has 0 atom stereocenters. The van der Waals surface area contributed by atoms with Crippen molar-refractivity contribution in [3.8, 4) is 35.7 Å². The van der Waals surface area contributed by atoms with E-state index < -0.39 is 9.84 Å². The molecule has 5 heteroatoms. The Morgan fingerprint density at radius 3 is 1.42 bits per heavy atom. The third-order valence-electron chi connectivity index (χ3n) is 2.94. The second-order valence-electron chi connectivity index (χ2n) is 4.37. The third-order valence-corrected chi connectivity index (χ3v) is 4.72. The summed E-state index contributed by atoms with van der Waals surface area (Å²) < 4.78 is 34.7. The van der Waals surface area contributed by atoms with Crippen molar-refractivity contribution < 1.29 is 17.9 Å². The lowest BCUT2D eigenvalue weighted by Gasteiger charge is -2.06. The molecule has 0 bridgehead atoms. The van der Waals surface area contributed by atoms with Crippen molar-refractivity contribution in [1.82, 2.24) is 0 Å². The fourth-order valence-corrected chi connectivity index (χ4v) is 2.98. The molecule has 0 aliphatic carbocycles. The number of methoxy groups -OCH3 is 2. The summed E-state index contributed by atoms with van der Waals surface area (Å²) >= 11 is 0. The molecular formula is C19H18O4S. The summed E-state index contributed by atoms with van der Waals surface area (Å²) in [5.41, 5.74) is 0. The minimum Gasteiger partial charge on any atom is -0.497 e. The lowest BCUT2D eigenvalue weighted by atomic mass is 10.3. The summed E-state index contributed by atoms with van der Waals surface area (Å²) in [4.78, 5) is 0.469. The molecule has 2 aromatic carbocycles. The van der Waals surface area contributed by atoms with Crippen molar-refractivity contribution in [1.29, 1.82) is 0 Å². The van der Waals surface area contributed by atoms with Crippen molar-refractivity contribution in [2.75, 3.05) is 14.2 Å². The molecule has 0 saturated carbocycles. The molecule has 4 nitrogen and oxygen atoms in total. The zero-order chi connectivity index (χ0) is 18.0. The van der Waals surface area contributed by atoms with E-state index in [0.29, 0.717) is 11.5 Å². The van der Waals surface area contributed by atoms with Gasteiger partial charge in [-0.1, -0.05) is 5.92 Å².